The minimum absolute atomic E-state index is 0.0224. The predicted molar refractivity (Wildman–Crippen MR) is 81.5 cm³/mol. The minimum Gasteiger partial charge on any atom is -0.494 e. The highest BCUT2D eigenvalue weighted by molar-refractivity contribution is 5.81. The Morgan fingerprint density at radius 2 is 2.19 bits per heavy atom. The van der Waals surface area contributed by atoms with E-state index in [1.165, 1.54) is 5.56 Å². The number of rotatable bonds is 7. The summed E-state index contributed by atoms with van der Waals surface area (Å²) in [6, 6.07) is 7.82. The van der Waals surface area contributed by atoms with Gasteiger partial charge in [-0.2, -0.15) is 0 Å². The van der Waals surface area contributed by atoms with E-state index in [9.17, 15) is 4.79 Å². The summed E-state index contributed by atoms with van der Waals surface area (Å²) >= 11 is 0. The average Bonchev–Trinajstić information content (AvgIpc) is 2.53. The highest BCUT2D eigenvalue weighted by atomic mass is 16.5. The van der Waals surface area contributed by atoms with E-state index in [-0.39, 0.29) is 11.9 Å². The highest BCUT2D eigenvalue weighted by Crippen LogP contribution is 2.11. The lowest BCUT2D eigenvalue weighted by atomic mass is 10.2. The zero-order valence-electron chi connectivity index (χ0n) is 12.6. The number of aryl methyl sites for hydroxylation is 1. The van der Waals surface area contributed by atoms with Crippen LogP contribution in [-0.2, 0) is 9.53 Å². The van der Waals surface area contributed by atoms with E-state index in [0.717, 1.165) is 25.1 Å². The molecule has 2 N–H and O–H groups in total. The Morgan fingerprint density at radius 1 is 1.38 bits per heavy atom. The van der Waals surface area contributed by atoms with Gasteiger partial charge in [0.2, 0.25) is 5.91 Å². The monoisotopic (exact) mass is 292 g/mol. The summed E-state index contributed by atoms with van der Waals surface area (Å²) in [5, 5.41) is 6.06. The number of unbranched alkanes of at least 4 members (excludes halogenated alkanes) is 1. The molecule has 0 radical (unpaired) electrons. The lowest BCUT2D eigenvalue weighted by Crippen LogP contribution is -2.51. The van der Waals surface area contributed by atoms with Crippen LogP contribution in [0.4, 0.5) is 0 Å². The number of nitrogens with one attached hydrogen (secondary N) is 2. The molecule has 1 atom stereocenters. The fraction of sp³-hybridized carbons (Fsp3) is 0.562. The van der Waals surface area contributed by atoms with Crippen molar-refractivity contribution in [1.29, 1.82) is 0 Å². The van der Waals surface area contributed by atoms with Crippen molar-refractivity contribution in [3.63, 3.8) is 0 Å². The second kappa shape index (κ2) is 8.64. The van der Waals surface area contributed by atoms with E-state index < -0.39 is 0 Å². The van der Waals surface area contributed by atoms with Crippen LogP contribution in [0.5, 0.6) is 5.75 Å². The van der Waals surface area contributed by atoms with Crippen molar-refractivity contribution in [1.82, 2.24) is 10.6 Å². The van der Waals surface area contributed by atoms with E-state index >= 15 is 0 Å². The Labute approximate surface area is 126 Å². The zero-order chi connectivity index (χ0) is 14.9. The van der Waals surface area contributed by atoms with Gasteiger partial charge >= 0.3 is 0 Å². The van der Waals surface area contributed by atoms with Crippen LogP contribution in [0, 0.1) is 6.92 Å². The van der Waals surface area contributed by atoms with Gasteiger partial charge in [-0.1, -0.05) is 17.7 Å². The maximum Gasteiger partial charge on any atom is 0.239 e. The third-order valence-electron chi connectivity index (χ3n) is 3.40. The van der Waals surface area contributed by atoms with E-state index in [4.69, 9.17) is 9.47 Å². The lowest BCUT2D eigenvalue weighted by Gasteiger charge is -2.22. The van der Waals surface area contributed by atoms with E-state index in [2.05, 4.69) is 17.6 Å². The normalized spacial score (nSPS) is 18.2. The third kappa shape index (κ3) is 5.73. The number of benzene rings is 1. The SMILES string of the molecule is Cc1ccc(OCCCCNC(=O)C2COCCN2)cc1. The van der Waals surface area contributed by atoms with Crippen LogP contribution in [-0.4, -0.2) is 44.9 Å². The molecule has 21 heavy (non-hydrogen) atoms. The van der Waals surface area contributed by atoms with Gasteiger partial charge in [0, 0.05) is 13.1 Å². The number of amides is 1. The van der Waals surface area contributed by atoms with Crippen LogP contribution in [0.2, 0.25) is 0 Å². The van der Waals surface area contributed by atoms with Crippen LogP contribution in [0.15, 0.2) is 24.3 Å². The molecule has 1 heterocycles. The maximum atomic E-state index is 11.8. The largest absolute Gasteiger partial charge is 0.494 e. The van der Waals surface area contributed by atoms with Gasteiger partial charge in [0.15, 0.2) is 0 Å². The predicted octanol–water partition coefficient (Wildman–Crippen LogP) is 1.26. The lowest BCUT2D eigenvalue weighted by molar-refractivity contribution is -0.125. The molecule has 1 saturated heterocycles. The van der Waals surface area contributed by atoms with E-state index in [1.807, 2.05) is 24.3 Å². The summed E-state index contributed by atoms with van der Waals surface area (Å²) in [7, 11) is 0. The molecular formula is C16H24N2O3. The van der Waals surface area contributed by atoms with Crippen molar-refractivity contribution in [3.8, 4) is 5.75 Å². The van der Waals surface area contributed by atoms with Crippen molar-refractivity contribution in [3.05, 3.63) is 29.8 Å². The number of carbonyl (C=O) groups is 1. The van der Waals surface area contributed by atoms with E-state index in [0.29, 0.717) is 26.4 Å². The Hall–Kier alpha value is -1.59. The molecule has 1 aliphatic rings. The molecule has 0 spiro atoms. The second-order valence-electron chi connectivity index (χ2n) is 5.24. The molecule has 1 fully saturated rings. The Bertz CT molecular complexity index is 428. The van der Waals surface area contributed by atoms with Crippen LogP contribution < -0.4 is 15.4 Å². The first-order valence-corrected chi connectivity index (χ1v) is 7.54. The standard InChI is InChI=1S/C16H24N2O3/c1-13-4-6-14(7-5-13)21-10-3-2-8-18-16(19)15-12-20-11-9-17-15/h4-7,15,17H,2-3,8-12H2,1H3,(H,18,19). The number of carbonyl (C=O) groups excluding carboxylic acids is 1. The highest BCUT2D eigenvalue weighted by Gasteiger charge is 2.20. The van der Waals surface area contributed by atoms with E-state index in [1.54, 1.807) is 0 Å². The number of hydrogen-bond acceptors (Lipinski definition) is 4. The quantitative estimate of drug-likeness (QED) is 0.743. The summed E-state index contributed by atoms with van der Waals surface area (Å²) in [6.45, 7) is 5.28. The van der Waals surface area contributed by atoms with Crippen molar-refractivity contribution in [2.45, 2.75) is 25.8 Å². The van der Waals surface area contributed by atoms with Gasteiger partial charge < -0.3 is 20.1 Å². The van der Waals surface area contributed by atoms with Gasteiger partial charge in [-0.15, -0.1) is 0 Å². The van der Waals surface area contributed by atoms with Crippen LogP contribution in [0.1, 0.15) is 18.4 Å². The summed E-state index contributed by atoms with van der Waals surface area (Å²) in [5.74, 6) is 0.919. The molecule has 1 aliphatic heterocycles. The fourth-order valence-electron chi connectivity index (χ4n) is 2.12. The van der Waals surface area contributed by atoms with Crippen LogP contribution in [0.25, 0.3) is 0 Å². The first kappa shape index (κ1) is 15.8. The topological polar surface area (TPSA) is 59.6 Å². The molecule has 5 heteroatoms. The molecule has 0 bridgehead atoms. The first-order chi connectivity index (χ1) is 10.3. The molecule has 116 valence electrons. The van der Waals surface area contributed by atoms with Crippen LogP contribution >= 0.6 is 0 Å². The number of morpholine rings is 1. The summed E-state index contributed by atoms with van der Waals surface area (Å²) in [5.41, 5.74) is 1.23. The smallest absolute Gasteiger partial charge is 0.239 e. The Morgan fingerprint density at radius 3 is 2.90 bits per heavy atom. The first-order valence-electron chi connectivity index (χ1n) is 7.54. The van der Waals surface area contributed by atoms with Crippen LogP contribution in [0.3, 0.4) is 0 Å². The summed E-state index contributed by atoms with van der Waals surface area (Å²) in [4.78, 5) is 11.8. The van der Waals surface area contributed by atoms with Gasteiger partial charge in [0.1, 0.15) is 11.8 Å². The molecule has 1 aromatic rings. The third-order valence-corrected chi connectivity index (χ3v) is 3.40. The van der Waals surface area contributed by atoms with Gasteiger partial charge in [-0.25, -0.2) is 0 Å². The second-order valence-corrected chi connectivity index (χ2v) is 5.24. The van der Waals surface area contributed by atoms with Gasteiger partial charge in [-0.3, -0.25) is 4.79 Å². The van der Waals surface area contributed by atoms with Gasteiger partial charge in [-0.05, 0) is 31.9 Å². The Kier molecular flexibility index (Phi) is 6.50. The molecule has 1 unspecified atom stereocenters. The van der Waals surface area contributed by atoms with Crippen molar-refractivity contribution in [2.24, 2.45) is 0 Å². The molecular weight excluding hydrogens is 268 g/mol. The van der Waals surface area contributed by atoms with Crippen molar-refractivity contribution < 1.29 is 14.3 Å². The van der Waals surface area contributed by atoms with Crippen molar-refractivity contribution in [2.75, 3.05) is 32.9 Å². The molecule has 1 amide bonds. The summed E-state index contributed by atoms with van der Waals surface area (Å²) < 4.78 is 10.9. The molecule has 0 aromatic heterocycles. The maximum absolute atomic E-state index is 11.8. The van der Waals surface area contributed by atoms with Gasteiger partial charge in [0.25, 0.3) is 0 Å². The average molecular weight is 292 g/mol. The molecule has 0 saturated carbocycles. The number of hydrogen-bond donors (Lipinski definition) is 2. The Balaban J connectivity index is 1.51. The molecule has 1 aromatic carbocycles. The fourth-order valence-corrected chi connectivity index (χ4v) is 2.12. The molecule has 0 aliphatic carbocycles. The minimum atomic E-state index is -0.206. The zero-order valence-corrected chi connectivity index (χ0v) is 12.6. The van der Waals surface area contributed by atoms with Crippen molar-refractivity contribution >= 4 is 5.91 Å². The summed E-state index contributed by atoms with van der Waals surface area (Å²) in [6.07, 6.45) is 1.83. The number of ether oxygens (including phenoxy) is 2. The molecule has 2 rings (SSSR count). The van der Waals surface area contributed by atoms with Gasteiger partial charge in [0.05, 0.1) is 19.8 Å². The molecule has 5 nitrogen and oxygen atoms in total.